The van der Waals surface area contributed by atoms with Crippen molar-refractivity contribution in [3.63, 3.8) is 0 Å². The molecule has 0 radical (unpaired) electrons. The third kappa shape index (κ3) is 2.06. The van der Waals surface area contributed by atoms with Crippen LogP contribution in [0.3, 0.4) is 0 Å². The van der Waals surface area contributed by atoms with E-state index in [9.17, 15) is 4.79 Å². The highest BCUT2D eigenvalue weighted by molar-refractivity contribution is 5.82. The minimum atomic E-state index is 0.252. The minimum absolute atomic E-state index is 0.252. The molecule has 3 aliphatic rings. The maximum atomic E-state index is 12.3. The maximum Gasteiger partial charge on any atom is 0.136 e. The highest BCUT2D eigenvalue weighted by Gasteiger charge is 2.59. The molecule has 1 nitrogen and oxygen atoms in total. The van der Waals surface area contributed by atoms with Gasteiger partial charge in [-0.25, -0.2) is 0 Å². The van der Waals surface area contributed by atoms with E-state index in [2.05, 4.69) is 40.3 Å². The first-order chi connectivity index (χ1) is 9.75. The molecule has 0 amide bonds. The van der Waals surface area contributed by atoms with Gasteiger partial charge in [-0.1, -0.05) is 33.8 Å². The van der Waals surface area contributed by atoms with E-state index in [1.807, 2.05) is 0 Å². The van der Waals surface area contributed by atoms with E-state index in [1.54, 1.807) is 0 Å². The molecule has 0 aromatic rings. The summed E-state index contributed by atoms with van der Waals surface area (Å²) in [6.07, 6.45) is 10.6. The third-order valence-corrected chi connectivity index (χ3v) is 8.15. The topological polar surface area (TPSA) is 17.1 Å². The van der Waals surface area contributed by atoms with Crippen molar-refractivity contribution in [2.75, 3.05) is 0 Å². The fourth-order valence-electron chi connectivity index (χ4n) is 6.19. The van der Waals surface area contributed by atoms with Crippen LogP contribution in [0.1, 0.15) is 72.6 Å². The minimum Gasteiger partial charge on any atom is -0.299 e. The normalized spacial score (nSPS) is 53.7. The molecular formula is C20H32O. The number of fused-ring (bicyclic) bond motifs is 3. The molecule has 0 N–H and O–H groups in total. The first-order valence-corrected chi connectivity index (χ1v) is 8.91. The molecule has 21 heavy (non-hydrogen) atoms. The predicted molar refractivity (Wildman–Crippen MR) is 88.0 cm³/mol. The monoisotopic (exact) mass is 288 g/mol. The van der Waals surface area contributed by atoms with Gasteiger partial charge in [0.2, 0.25) is 0 Å². The number of Topliss-reactive ketones (excluding diaryl/α,β-unsaturated/α-hetero) is 1. The molecule has 0 saturated heterocycles. The molecule has 0 bridgehead atoms. The van der Waals surface area contributed by atoms with Gasteiger partial charge in [-0.3, -0.25) is 4.79 Å². The van der Waals surface area contributed by atoms with Crippen LogP contribution in [0.15, 0.2) is 12.7 Å². The molecule has 0 heterocycles. The van der Waals surface area contributed by atoms with E-state index in [0.29, 0.717) is 16.6 Å². The molecule has 3 saturated carbocycles. The molecule has 6 atom stereocenters. The largest absolute Gasteiger partial charge is 0.299 e. The van der Waals surface area contributed by atoms with Crippen LogP contribution in [0.25, 0.3) is 0 Å². The Morgan fingerprint density at radius 3 is 2.48 bits per heavy atom. The summed E-state index contributed by atoms with van der Waals surface area (Å²) < 4.78 is 0. The zero-order chi connectivity index (χ0) is 15.5. The Kier molecular flexibility index (Phi) is 3.43. The van der Waals surface area contributed by atoms with E-state index in [-0.39, 0.29) is 11.3 Å². The van der Waals surface area contributed by atoms with E-state index >= 15 is 0 Å². The average molecular weight is 288 g/mol. The molecule has 3 rings (SSSR count). The second kappa shape index (κ2) is 4.70. The highest BCUT2D eigenvalue weighted by Crippen LogP contribution is 2.66. The van der Waals surface area contributed by atoms with Crippen molar-refractivity contribution in [1.82, 2.24) is 0 Å². The molecular weight excluding hydrogens is 256 g/mol. The van der Waals surface area contributed by atoms with Crippen LogP contribution in [-0.4, -0.2) is 5.78 Å². The Hall–Kier alpha value is -0.590. The zero-order valence-corrected chi connectivity index (χ0v) is 14.4. The summed E-state index contributed by atoms with van der Waals surface area (Å²) in [6, 6.07) is 0. The lowest BCUT2D eigenvalue weighted by atomic mass is 9.41. The summed E-state index contributed by atoms with van der Waals surface area (Å²) in [4.78, 5) is 12.3. The summed E-state index contributed by atoms with van der Waals surface area (Å²) in [5, 5.41) is 0. The Bertz CT molecular complexity index is 466. The van der Waals surface area contributed by atoms with Crippen molar-refractivity contribution in [3.05, 3.63) is 12.7 Å². The molecule has 1 heteroatoms. The quantitative estimate of drug-likeness (QED) is 0.590. The molecule has 0 aromatic heterocycles. The third-order valence-electron chi connectivity index (χ3n) is 8.15. The Morgan fingerprint density at radius 1 is 1.10 bits per heavy atom. The van der Waals surface area contributed by atoms with E-state index in [1.165, 1.54) is 32.1 Å². The van der Waals surface area contributed by atoms with Crippen LogP contribution in [0.4, 0.5) is 0 Å². The lowest BCUT2D eigenvalue weighted by Gasteiger charge is -2.63. The number of rotatable bonds is 1. The molecule has 0 unspecified atom stereocenters. The number of hydrogen-bond donors (Lipinski definition) is 0. The van der Waals surface area contributed by atoms with Gasteiger partial charge in [0.15, 0.2) is 0 Å². The summed E-state index contributed by atoms with van der Waals surface area (Å²) >= 11 is 0. The first-order valence-electron chi connectivity index (χ1n) is 8.91. The van der Waals surface area contributed by atoms with Crippen LogP contribution in [0.2, 0.25) is 0 Å². The Morgan fingerprint density at radius 2 is 1.81 bits per heavy atom. The SMILES string of the molecule is C=C[C@@]1(C)CC[C@@]2(C)[C@@H](CC[C@@]3(C)[C@@H]2CCC(=O)[C@@H]3C)C1. The van der Waals surface area contributed by atoms with Crippen molar-refractivity contribution in [1.29, 1.82) is 0 Å². The van der Waals surface area contributed by atoms with E-state index < -0.39 is 0 Å². The highest BCUT2D eigenvalue weighted by atomic mass is 16.1. The second-order valence-corrected chi connectivity index (χ2v) is 9.09. The van der Waals surface area contributed by atoms with Gasteiger partial charge in [0.25, 0.3) is 0 Å². The fraction of sp³-hybridized carbons (Fsp3) is 0.850. The Labute approximate surface area is 130 Å². The van der Waals surface area contributed by atoms with E-state index in [4.69, 9.17) is 0 Å². The van der Waals surface area contributed by atoms with Crippen LogP contribution < -0.4 is 0 Å². The maximum absolute atomic E-state index is 12.3. The molecule has 0 aromatic carbocycles. The molecule has 0 spiro atoms. The zero-order valence-electron chi connectivity index (χ0n) is 14.4. The van der Waals surface area contributed by atoms with Gasteiger partial charge in [-0.05, 0) is 66.6 Å². The van der Waals surface area contributed by atoms with Gasteiger partial charge < -0.3 is 0 Å². The standard InChI is InChI=1S/C20H32O/c1-6-18(3)11-12-20(5)15(13-18)9-10-19(4)14(2)16(21)7-8-17(19)20/h6,14-15,17H,1,7-13H2,2-5H3/t14-,15-,17-,18-,19+,20-/m0/s1. The second-order valence-electron chi connectivity index (χ2n) is 9.09. The smallest absolute Gasteiger partial charge is 0.136 e. The number of hydrogen-bond acceptors (Lipinski definition) is 1. The van der Waals surface area contributed by atoms with Gasteiger partial charge in [-0.15, -0.1) is 6.58 Å². The summed E-state index contributed by atoms with van der Waals surface area (Å²) in [5.74, 6) is 2.35. The summed E-state index contributed by atoms with van der Waals surface area (Å²) in [7, 11) is 0. The van der Waals surface area contributed by atoms with E-state index in [0.717, 1.165) is 24.7 Å². The van der Waals surface area contributed by atoms with Crippen molar-refractivity contribution in [2.24, 2.45) is 34.0 Å². The Balaban J connectivity index is 1.92. The number of ketones is 1. The van der Waals surface area contributed by atoms with Crippen molar-refractivity contribution in [3.8, 4) is 0 Å². The lowest BCUT2D eigenvalue weighted by Crippen LogP contribution is -2.57. The van der Waals surface area contributed by atoms with Gasteiger partial charge in [-0.2, -0.15) is 0 Å². The van der Waals surface area contributed by atoms with Crippen molar-refractivity contribution in [2.45, 2.75) is 72.6 Å². The number of carbonyl (C=O) groups is 1. The van der Waals surface area contributed by atoms with Crippen LogP contribution in [-0.2, 0) is 4.79 Å². The fourth-order valence-corrected chi connectivity index (χ4v) is 6.19. The number of carbonyl (C=O) groups excluding carboxylic acids is 1. The van der Waals surface area contributed by atoms with Crippen molar-refractivity contribution < 1.29 is 4.79 Å². The lowest BCUT2D eigenvalue weighted by molar-refractivity contribution is -0.158. The van der Waals surface area contributed by atoms with Crippen LogP contribution in [0.5, 0.6) is 0 Å². The van der Waals surface area contributed by atoms with Crippen LogP contribution in [0, 0.1) is 34.0 Å². The molecule has 3 fully saturated rings. The van der Waals surface area contributed by atoms with Crippen molar-refractivity contribution >= 4 is 5.78 Å². The summed E-state index contributed by atoms with van der Waals surface area (Å²) in [5.41, 5.74) is 1.04. The summed E-state index contributed by atoms with van der Waals surface area (Å²) in [6.45, 7) is 13.6. The van der Waals surface area contributed by atoms with Gasteiger partial charge in [0.1, 0.15) is 5.78 Å². The van der Waals surface area contributed by atoms with Gasteiger partial charge in [0.05, 0.1) is 0 Å². The van der Waals surface area contributed by atoms with Gasteiger partial charge >= 0.3 is 0 Å². The van der Waals surface area contributed by atoms with Gasteiger partial charge in [0, 0.05) is 12.3 Å². The molecule has 118 valence electrons. The molecule has 0 aliphatic heterocycles. The van der Waals surface area contributed by atoms with Crippen LogP contribution >= 0.6 is 0 Å². The predicted octanol–water partition coefficient (Wildman–Crippen LogP) is 5.40. The average Bonchev–Trinajstić information content (AvgIpc) is 2.46. The number of allylic oxidation sites excluding steroid dienone is 1. The first kappa shape index (κ1) is 15.3. The molecule has 3 aliphatic carbocycles.